The largest absolute Gasteiger partial charge is 0.495 e. The van der Waals surface area contributed by atoms with E-state index in [-0.39, 0.29) is 30.7 Å². The predicted octanol–water partition coefficient (Wildman–Crippen LogP) is 2.94. The molecule has 1 atom stereocenters. The predicted molar refractivity (Wildman–Crippen MR) is 127 cm³/mol. The number of carbonyl (C=O) groups is 3. The van der Waals surface area contributed by atoms with Gasteiger partial charge in [0.1, 0.15) is 5.75 Å². The summed E-state index contributed by atoms with van der Waals surface area (Å²) in [6.07, 6.45) is 1.96. The van der Waals surface area contributed by atoms with E-state index in [0.29, 0.717) is 47.3 Å². The first-order chi connectivity index (χ1) is 16.5. The highest BCUT2D eigenvalue weighted by Crippen LogP contribution is 2.36. The van der Waals surface area contributed by atoms with Gasteiger partial charge in [-0.15, -0.1) is 0 Å². The third kappa shape index (κ3) is 4.50. The van der Waals surface area contributed by atoms with Crippen LogP contribution in [0.15, 0.2) is 36.4 Å². The smallest absolute Gasteiger partial charge is 0.256 e. The molecule has 9 heteroatoms. The molecule has 1 N–H and O–H groups in total. The van der Waals surface area contributed by atoms with Gasteiger partial charge in [-0.1, -0.05) is 12.1 Å². The Kier molecular flexibility index (Phi) is 6.90. The van der Waals surface area contributed by atoms with Crippen LogP contribution in [0.1, 0.15) is 29.6 Å². The molecule has 0 spiro atoms. The molecule has 2 aliphatic heterocycles. The van der Waals surface area contributed by atoms with Crippen molar-refractivity contribution in [3.8, 4) is 17.2 Å². The van der Waals surface area contributed by atoms with Crippen molar-refractivity contribution >= 4 is 29.1 Å². The zero-order chi connectivity index (χ0) is 24.2. The van der Waals surface area contributed by atoms with Crippen molar-refractivity contribution in [1.29, 1.82) is 0 Å². The summed E-state index contributed by atoms with van der Waals surface area (Å²) in [5, 5.41) is 2.87. The van der Waals surface area contributed by atoms with Crippen molar-refractivity contribution < 1.29 is 28.6 Å². The Hall–Kier alpha value is -3.75. The van der Waals surface area contributed by atoms with E-state index in [1.807, 2.05) is 12.1 Å². The molecule has 2 aliphatic rings. The molecule has 0 bridgehead atoms. The van der Waals surface area contributed by atoms with E-state index in [1.54, 1.807) is 41.2 Å². The molecule has 9 nitrogen and oxygen atoms in total. The molecule has 180 valence electrons. The Bertz CT molecular complexity index is 1100. The van der Waals surface area contributed by atoms with Crippen LogP contribution in [0.25, 0.3) is 0 Å². The summed E-state index contributed by atoms with van der Waals surface area (Å²) in [6.45, 7) is 1.56. The van der Waals surface area contributed by atoms with Gasteiger partial charge >= 0.3 is 0 Å². The number of amides is 3. The van der Waals surface area contributed by atoms with E-state index in [2.05, 4.69) is 5.32 Å². The minimum atomic E-state index is -0.583. The minimum Gasteiger partial charge on any atom is -0.495 e. The number of hydrogen-bond donors (Lipinski definition) is 1. The molecule has 4 rings (SSSR count). The molecule has 2 fully saturated rings. The molecule has 0 radical (unpaired) electrons. The van der Waals surface area contributed by atoms with Crippen molar-refractivity contribution in [3.63, 3.8) is 0 Å². The van der Waals surface area contributed by atoms with E-state index in [9.17, 15) is 14.4 Å². The van der Waals surface area contributed by atoms with Crippen molar-refractivity contribution in [2.45, 2.75) is 19.3 Å². The van der Waals surface area contributed by atoms with Gasteiger partial charge in [-0.2, -0.15) is 0 Å². The number of methoxy groups -OCH3 is 3. The molecule has 0 aliphatic carbocycles. The number of nitrogens with zero attached hydrogens (tertiary/aromatic N) is 2. The number of nitrogens with one attached hydrogen (secondary N) is 1. The molecule has 0 saturated carbocycles. The van der Waals surface area contributed by atoms with Crippen LogP contribution in [-0.2, 0) is 9.59 Å². The maximum Gasteiger partial charge on any atom is 0.256 e. The maximum absolute atomic E-state index is 13.2. The summed E-state index contributed by atoms with van der Waals surface area (Å²) in [5.41, 5.74) is 1.29. The fourth-order valence-electron chi connectivity index (χ4n) is 4.45. The highest BCUT2D eigenvalue weighted by molar-refractivity contribution is 6.08. The highest BCUT2D eigenvalue weighted by atomic mass is 16.5. The fraction of sp³-hybridized carbons (Fsp3) is 0.400. The van der Waals surface area contributed by atoms with Gasteiger partial charge in [0.25, 0.3) is 5.91 Å². The number of para-hydroxylation sites is 2. The Morgan fingerprint density at radius 1 is 0.941 bits per heavy atom. The zero-order valence-electron chi connectivity index (χ0n) is 19.6. The van der Waals surface area contributed by atoms with E-state index in [4.69, 9.17) is 14.2 Å². The molecule has 2 saturated heterocycles. The molecule has 2 aromatic carbocycles. The number of likely N-dealkylation sites (tertiary alicyclic amines) is 1. The number of benzene rings is 2. The number of hydrogen-bond acceptors (Lipinski definition) is 6. The lowest BCUT2D eigenvalue weighted by molar-refractivity contribution is -0.122. The number of ether oxygens (including phenoxy) is 3. The lowest BCUT2D eigenvalue weighted by atomic mass is 10.1. The summed E-state index contributed by atoms with van der Waals surface area (Å²) in [5.74, 6) is 0.108. The highest BCUT2D eigenvalue weighted by Gasteiger charge is 2.37. The molecule has 3 amide bonds. The second kappa shape index (κ2) is 10.0. The average molecular weight is 468 g/mol. The van der Waals surface area contributed by atoms with E-state index in [0.717, 1.165) is 12.8 Å². The van der Waals surface area contributed by atoms with Crippen LogP contribution >= 0.6 is 0 Å². The van der Waals surface area contributed by atoms with Crippen LogP contribution < -0.4 is 24.4 Å². The Labute approximate surface area is 198 Å². The minimum absolute atomic E-state index is 0.0621. The van der Waals surface area contributed by atoms with Gasteiger partial charge in [0.15, 0.2) is 11.5 Å². The molecule has 1 unspecified atom stereocenters. The maximum atomic E-state index is 13.2. The number of rotatable bonds is 7. The van der Waals surface area contributed by atoms with Crippen molar-refractivity contribution in [2.75, 3.05) is 51.2 Å². The summed E-state index contributed by atoms with van der Waals surface area (Å²) in [6, 6.07) is 10.4. The van der Waals surface area contributed by atoms with Gasteiger partial charge in [0.05, 0.1) is 44.2 Å². The van der Waals surface area contributed by atoms with E-state index in [1.165, 1.54) is 14.2 Å². The summed E-state index contributed by atoms with van der Waals surface area (Å²) in [4.78, 5) is 42.5. The van der Waals surface area contributed by atoms with Gasteiger partial charge in [-0.3, -0.25) is 14.4 Å². The molecule has 0 aromatic heterocycles. The van der Waals surface area contributed by atoms with Crippen molar-refractivity contribution in [3.05, 3.63) is 42.0 Å². The second-order valence-corrected chi connectivity index (χ2v) is 8.32. The topological polar surface area (TPSA) is 97.4 Å². The van der Waals surface area contributed by atoms with Crippen LogP contribution in [0.5, 0.6) is 17.2 Å². The Morgan fingerprint density at radius 2 is 1.59 bits per heavy atom. The first kappa shape index (κ1) is 23.4. The third-order valence-electron chi connectivity index (χ3n) is 6.28. The Morgan fingerprint density at radius 3 is 2.26 bits per heavy atom. The number of anilines is 2. The van der Waals surface area contributed by atoms with Crippen LogP contribution in [0, 0.1) is 5.92 Å². The normalized spacial score (nSPS) is 17.6. The monoisotopic (exact) mass is 467 g/mol. The second-order valence-electron chi connectivity index (χ2n) is 8.32. The summed E-state index contributed by atoms with van der Waals surface area (Å²) in [7, 11) is 4.53. The summed E-state index contributed by atoms with van der Waals surface area (Å²) >= 11 is 0. The van der Waals surface area contributed by atoms with Gasteiger partial charge in [0, 0.05) is 32.1 Å². The quantitative estimate of drug-likeness (QED) is 0.673. The SMILES string of the molecule is COc1cc(NC(=O)C2CC(=O)N(c3ccccc3OC)C2)c(C(=O)N2CCCC2)cc1OC. The number of carbonyl (C=O) groups excluding carboxylic acids is 3. The molecule has 34 heavy (non-hydrogen) atoms. The third-order valence-corrected chi connectivity index (χ3v) is 6.28. The average Bonchev–Trinajstić information content (AvgIpc) is 3.53. The molecule has 2 aromatic rings. The van der Waals surface area contributed by atoms with Crippen LogP contribution in [-0.4, -0.2) is 63.6 Å². The van der Waals surface area contributed by atoms with Crippen LogP contribution in [0.2, 0.25) is 0 Å². The van der Waals surface area contributed by atoms with E-state index >= 15 is 0 Å². The lowest BCUT2D eigenvalue weighted by Gasteiger charge is -2.21. The standard InChI is InChI=1S/C25H29N3O6/c1-32-20-9-5-4-8-19(20)28-15-16(12-23(28)29)24(30)26-18-14-22(34-3)21(33-2)13-17(18)25(31)27-10-6-7-11-27/h4-5,8-9,13-14,16H,6-7,10-12,15H2,1-3H3,(H,26,30). The molecule has 2 heterocycles. The fourth-order valence-corrected chi connectivity index (χ4v) is 4.45. The first-order valence-corrected chi connectivity index (χ1v) is 11.3. The molecular formula is C25H29N3O6. The van der Waals surface area contributed by atoms with Gasteiger partial charge in [-0.05, 0) is 31.0 Å². The van der Waals surface area contributed by atoms with Crippen molar-refractivity contribution in [1.82, 2.24) is 4.90 Å². The van der Waals surface area contributed by atoms with Gasteiger partial charge in [0.2, 0.25) is 11.8 Å². The lowest BCUT2D eigenvalue weighted by Crippen LogP contribution is -2.31. The van der Waals surface area contributed by atoms with Gasteiger partial charge in [-0.25, -0.2) is 0 Å². The van der Waals surface area contributed by atoms with Crippen molar-refractivity contribution in [2.24, 2.45) is 5.92 Å². The summed E-state index contributed by atoms with van der Waals surface area (Å²) < 4.78 is 16.1. The van der Waals surface area contributed by atoms with Crippen LogP contribution in [0.3, 0.4) is 0 Å². The molecular weight excluding hydrogens is 438 g/mol. The van der Waals surface area contributed by atoms with Gasteiger partial charge < -0.3 is 29.3 Å². The Balaban J connectivity index is 1.58. The van der Waals surface area contributed by atoms with E-state index < -0.39 is 5.92 Å². The zero-order valence-corrected chi connectivity index (χ0v) is 19.6. The first-order valence-electron chi connectivity index (χ1n) is 11.3. The van der Waals surface area contributed by atoms with Crippen LogP contribution in [0.4, 0.5) is 11.4 Å².